The number of hydrogen-bond donors (Lipinski definition) is 1. The van der Waals surface area contributed by atoms with Gasteiger partial charge in [0.15, 0.2) is 0 Å². The number of nitro benzene ring substituents is 1. The Kier molecular flexibility index (Phi) is 4.88. The standard InChI is InChI=1S/C14H8ClN3O3S/c15-12-4-3-10(18(20)21)7-13(12)17-14(19)9(8-16)6-11-2-1-5-22-11/h1-7H,(H,17,19)/b9-6+. The van der Waals surface area contributed by atoms with Gasteiger partial charge < -0.3 is 5.32 Å². The Morgan fingerprint density at radius 1 is 1.45 bits per heavy atom. The van der Waals surface area contributed by atoms with Crippen molar-refractivity contribution in [3.8, 4) is 6.07 Å². The Hall–Kier alpha value is -2.69. The molecule has 2 aromatic rings. The molecule has 0 aliphatic heterocycles. The summed E-state index contributed by atoms with van der Waals surface area (Å²) in [4.78, 5) is 23.0. The predicted octanol–water partition coefficient (Wildman–Crippen LogP) is 3.86. The molecule has 0 radical (unpaired) electrons. The van der Waals surface area contributed by atoms with Gasteiger partial charge >= 0.3 is 0 Å². The number of rotatable bonds is 4. The number of amides is 1. The van der Waals surface area contributed by atoms with Crippen molar-refractivity contribution in [2.24, 2.45) is 0 Å². The summed E-state index contributed by atoms with van der Waals surface area (Å²) in [6.07, 6.45) is 1.44. The number of nitriles is 1. The second-order valence-electron chi connectivity index (χ2n) is 4.06. The summed E-state index contributed by atoms with van der Waals surface area (Å²) in [6, 6.07) is 9.02. The minimum absolute atomic E-state index is 0.0770. The largest absolute Gasteiger partial charge is 0.320 e. The second kappa shape index (κ2) is 6.85. The molecule has 6 nitrogen and oxygen atoms in total. The molecule has 8 heteroatoms. The van der Waals surface area contributed by atoms with Gasteiger partial charge in [0.1, 0.15) is 11.6 Å². The SMILES string of the molecule is N#C/C(=C\c1cccs1)C(=O)Nc1cc([N+](=O)[O-])ccc1Cl. The molecule has 22 heavy (non-hydrogen) atoms. The van der Waals surface area contributed by atoms with Gasteiger partial charge in [-0.3, -0.25) is 14.9 Å². The van der Waals surface area contributed by atoms with Crippen LogP contribution in [0, 0.1) is 21.4 Å². The maximum absolute atomic E-state index is 12.1. The highest BCUT2D eigenvalue weighted by atomic mass is 35.5. The van der Waals surface area contributed by atoms with Crippen molar-refractivity contribution in [2.45, 2.75) is 0 Å². The average Bonchev–Trinajstić information content (AvgIpc) is 2.99. The lowest BCUT2D eigenvalue weighted by molar-refractivity contribution is -0.384. The van der Waals surface area contributed by atoms with Crippen molar-refractivity contribution in [2.75, 3.05) is 5.32 Å². The number of thiophene rings is 1. The first-order valence-corrected chi connectivity index (χ1v) is 7.17. The monoisotopic (exact) mass is 333 g/mol. The van der Waals surface area contributed by atoms with Crippen molar-refractivity contribution >= 4 is 46.3 Å². The lowest BCUT2D eigenvalue weighted by Gasteiger charge is -2.06. The molecule has 1 aromatic carbocycles. The average molecular weight is 334 g/mol. The number of non-ortho nitro benzene ring substituents is 1. The van der Waals surface area contributed by atoms with Crippen LogP contribution in [-0.2, 0) is 4.79 Å². The molecule has 0 aliphatic carbocycles. The fourth-order valence-corrected chi connectivity index (χ4v) is 2.40. The number of carbonyl (C=O) groups is 1. The molecule has 0 fully saturated rings. The summed E-state index contributed by atoms with van der Waals surface area (Å²) in [5.74, 6) is -0.682. The Morgan fingerprint density at radius 3 is 2.82 bits per heavy atom. The Bertz CT molecular complexity index is 794. The van der Waals surface area contributed by atoms with E-state index in [9.17, 15) is 14.9 Å². The lowest BCUT2D eigenvalue weighted by Crippen LogP contribution is -2.13. The number of nitrogens with one attached hydrogen (secondary N) is 1. The van der Waals surface area contributed by atoms with Crippen LogP contribution >= 0.6 is 22.9 Å². The zero-order chi connectivity index (χ0) is 16.1. The molecular weight excluding hydrogens is 326 g/mol. The molecule has 0 atom stereocenters. The fourth-order valence-electron chi connectivity index (χ4n) is 1.58. The van der Waals surface area contributed by atoms with Gasteiger partial charge in [0, 0.05) is 17.0 Å². The van der Waals surface area contributed by atoms with Crippen molar-refractivity contribution in [3.63, 3.8) is 0 Å². The molecule has 0 aliphatic rings. The third kappa shape index (κ3) is 3.69. The van der Waals surface area contributed by atoms with E-state index in [0.29, 0.717) is 0 Å². The molecule has 0 unspecified atom stereocenters. The van der Waals surface area contributed by atoms with Crippen LogP contribution in [0.3, 0.4) is 0 Å². The maximum atomic E-state index is 12.1. The summed E-state index contributed by atoms with van der Waals surface area (Å²) in [5.41, 5.74) is -0.251. The minimum Gasteiger partial charge on any atom is -0.320 e. The quantitative estimate of drug-likeness (QED) is 0.397. The molecule has 1 amide bonds. The van der Waals surface area contributed by atoms with Crippen LogP contribution in [0.5, 0.6) is 0 Å². The first kappa shape index (κ1) is 15.7. The molecule has 110 valence electrons. The van der Waals surface area contributed by atoms with Crippen LogP contribution in [0.4, 0.5) is 11.4 Å². The van der Waals surface area contributed by atoms with Crippen LogP contribution < -0.4 is 5.32 Å². The normalized spacial score (nSPS) is 10.8. The van der Waals surface area contributed by atoms with E-state index < -0.39 is 10.8 Å². The molecule has 2 rings (SSSR count). The van der Waals surface area contributed by atoms with Crippen molar-refractivity contribution < 1.29 is 9.72 Å². The predicted molar refractivity (Wildman–Crippen MR) is 84.6 cm³/mol. The summed E-state index contributed by atoms with van der Waals surface area (Å²) in [5, 5.41) is 24.2. The van der Waals surface area contributed by atoms with Gasteiger partial charge in [-0.25, -0.2) is 0 Å². The Labute approximate surface area is 134 Å². The van der Waals surface area contributed by atoms with E-state index in [0.717, 1.165) is 10.9 Å². The molecule has 0 spiro atoms. The number of benzene rings is 1. The third-order valence-electron chi connectivity index (χ3n) is 2.60. The smallest absolute Gasteiger partial charge is 0.271 e. The van der Waals surface area contributed by atoms with Crippen LogP contribution in [0.2, 0.25) is 5.02 Å². The summed E-state index contributed by atoms with van der Waals surface area (Å²) >= 11 is 7.27. The number of anilines is 1. The number of carbonyl (C=O) groups excluding carboxylic acids is 1. The van der Waals surface area contributed by atoms with E-state index in [4.69, 9.17) is 16.9 Å². The van der Waals surface area contributed by atoms with Crippen LogP contribution in [0.1, 0.15) is 4.88 Å². The number of nitro groups is 1. The summed E-state index contributed by atoms with van der Waals surface area (Å²) in [6.45, 7) is 0. The van der Waals surface area contributed by atoms with Gasteiger partial charge in [-0.15, -0.1) is 11.3 Å². The van der Waals surface area contributed by atoms with Gasteiger partial charge in [0.25, 0.3) is 11.6 Å². The molecule has 1 heterocycles. The molecule has 0 saturated carbocycles. The van der Waals surface area contributed by atoms with E-state index >= 15 is 0 Å². The highest BCUT2D eigenvalue weighted by Crippen LogP contribution is 2.27. The van der Waals surface area contributed by atoms with Crippen LogP contribution in [0.15, 0.2) is 41.3 Å². The van der Waals surface area contributed by atoms with E-state index in [1.807, 2.05) is 5.38 Å². The van der Waals surface area contributed by atoms with Gasteiger partial charge in [-0.1, -0.05) is 17.7 Å². The Balaban J connectivity index is 2.26. The lowest BCUT2D eigenvalue weighted by atomic mass is 10.2. The first-order valence-electron chi connectivity index (χ1n) is 5.92. The Morgan fingerprint density at radius 2 is 2.23 bits per heavy atom. The van der Waals surface area contributed by atoms with Gasteiger partial charge in [0.2, 0.25) is 0 Å². The highest BCUT2D eigenvalue weighted by molar-refractivity contribution is 7.10. The van der Waals surface area contributed by atoms with Crippen LogP contribution in [0.25, 0.3) is 6.08 Å². The molecule has 1 N–H and O–H groups in total. The number of hydrogen-bond acceptors (Lipinski definition) is 5. The van der Waals surface area contributed by atoms with E-state index in [1.54, 1.807) is 18.2 Å². The van der Waals surface area contributed by atoms with Crippen molar-refractivity contribution in [3.05, 3.63) is 61.3 Å². The maximum Gasteiger partial charge on any atom is 0.271 e. The highest BCUT2D eigenvalue weighted by Gasteiger charge is 2.15. The van der Waals surface area contributed by atoms with Gasteiger partial charge in [0.05, 0.1) is 15.6 Å². The van der Waals surface area contributed by atoms with Crippen molar-refractivity contribution in [1.29, 1.82) is 5.26 Å². The zero-order valence-corrected chi connectivity index (χ0v) is 12.5. The van der Waals surface area contributed by atoms with E-state index in [-0.39, 0.29) is 22.0 Å². The van der Waals surface area contributed by atoms with E-state index in [1.165, 1.54) is 29.5 Å². The number of halogens is 1. The first-order chi connectivity index (χ1) is 10.5. The summed E-state index contributed by atoms with van der Waals surface area (Å²) in [7, 11) is 0. The summed E-state index contributed by atoms with van der Waals surface area (Å²) < 4.78 is 0. The molecule has 0 saturated heterocycles. The van der Waals surface area contributed by atoms with Crippen LogP contribution in [-0.4, -0.2) is 10.8 Å². The minimum atomic E-state index is -0.682. The second-order valence-corrected chi connectivity index (χ2v) is 5.45. The third-order valence-corrected chi connectivity index (χ3v) is 3.75. The zero-order valence-electron chi connectivity index (χ0n) is 10.9. The molecule has 1 aromatic heterocycles. The van der Waals surface area contributed by atoms with Crippen molar-refractivity contribution in [1.82, 2.24) is 0 Å². The topological polar surface area (TPSA) is 96.0 Å². The fraction of sp³-hybridized carbons (Fsp3) is 0. The molecule has 0 bridgehead atoms. The molecular formula is C14H8ClN3O3S. The number of nitrogens with zero attached hydrogens (tertiary/aromatic N) is 2. The van der Waals surface area contributed by atoms with Gasteiger partial charge in [-0.05, 0) is 23.6 Å². The van der Waals surface area contributed by atoms with E-state index in [2.05, 4.69) is 5.32 Å². The van der Waals surface area contributed by atoms with Gasteiger partial charge in [-0.2, -0.15) is 5.26 Å².